The van der Waals surface area contributed by atoms with Crippen LogP contribution in [0, 0.1) is 0 Å². The number of nitrogens with zero attached hydrogens (tertiary/aromatic N) is 1. The van der Waals surface area contributed by atoms with Crippen molar-refractivity contribution in [2.45, 2.75) is 5.54 Å². The summed E-state index contributed by atoms with van der Waals surface area (Å²) in [6.07, 6.45) is 0. The summed E-state index contributed by atoms with van der Waals surface area (Å²) in [6, 6.07) is 15.5. The maximum atomic E-state index is 12.2. The molecule has 6 heteroatoms. The van der Waals surface area contributed by atoms with Crippen molar-refractivity contribution >= 4 is 22.0 Å². The van der Waals surface area contributed by atoms with Crippen LogP contribution in [0.1, 0.15) is 11.1 Å². The monoisotopic (exact) mass is 378 g/mol. The first kappa shape index (κ1) is 15.8. The number of rotatable bonds is 5. The Morgan fingerprint density at radius 3 is 2.61 bits per heavy atom. The minimum atomic E-state index is -0.688. The maximum absolute atomic E-state index is 12.2. The first-order valence-electron chi connectivity index (χ1n) is 7.17. The fraction of sp³-hybridized carbons (Fsp3) is 0.235. The number of halogens is 2. The Hall–Kier alpha value is -2.08. The highest BCUT2D eigenvalue weighted by molar-refractivity contribution is 9.10. The van der Waals surface area contributed by atoms with Crippen LogP contribution in [0.4, 0.5) is 4.39 Å². The number of hydrogen-bond donors (Lipinski definition) is 1. The Bertz CT molecular complexity index is 721. The average molecular weight is 379 g/mol. The van der Waals surface area contributed by atoms with Crippen LogP contribution in [0.5, 0.6) is 5.75 Å². The molecule has 0 fully saturated rings. The summed E-state index contributed by atoms with van der Waals surface area (Å²) in [4.78, 5) is 4.54. The summed E-state index contributed by atoms with van der Waals surface area (Å²) in [5, 5.41) is 0. The smallest absolute Gasteiger partial charge is 0.283 e. The molecule has 0 aliphatic carbocycles. The molecule has 0 unspecified atom stereocenters. The molecule has 0 amide bonds. The van der Waals surface area contributed by atoms with Crippen LogP contribution in [0.3, 0.4) is 0 Å². The van der Waals surface area contributed by atoms with E-state index in [9.17, 15) is 4.39 Å². The Labute approximate surface area is 142 Å². The molecule has 0 aromatic heterocycles. The highest BCUT2D eigenvalue weighted by Gasteiger charge is 2.40. The highest BCUT2D eigenvalue weighted by atomic mass is 79.9. The molecule has 120 valence electrons. The summed E-state index contributed by atoms with van der Waals surface area (Å²) in [6.45, 7) is -0.136. The second-order valence-corrected chi connectivity index (χ2v) is 6.09. The molecule has 1 heterocycles. The van der Waals surface area contributed by atoms with Crippen LogP contribution in [0.2, 0.25) is 0 Å². The molecule has 2 N–H and O–H groups in total. The zero-order valence-corrected chi connectivity index (χ0v) is 13.9. The van der Waals surface area contributed by atoms with Gasteiger partial charge < -0.3 is 15.2 Å². The van der Waals surface area contributed by atoms with E-state index in [1.807, 2.05) is 36.4 Å². The van der Waals surface area contributed by atoms with Gasteiger partial charge in [-0.3, -0.25) is 0 Å². The topological polar surface area (TPSA) is 56.8 Å². The molecule has 23 heavy (non-hydrogen) atoms. The molecular weight excluding hydrogens is 363 g/mol. The number of aliphatic imine (C=N–C) groups is 1. The highest BCUT2D eigenvalue weighted by Crippen LogP contribution is 2.38. The number of amidine groups is 1. The van der Waals surface area contributed by atoms with Crippen LogP contribution < -0.4 is 10.5 Å². The normalized spacial score (nSPS) is 20.0. The van der Waals surface area contributed by atoms with Crippen molar-refractivity contribution in [3.8, 4) is 5.75 Å². The van der Waals surface area contributed by atoms with Crippen molar-refractivity contribution in [3.63, 3.8) is 0 Å². The van der Waals surface area contributed by atoms with Crippen molar-refractivity contribution < 1.29 is 13.9 Å². The molecule has 2 aromatic carbocycles. The van der Waals surface area contributed by atoms with Crippen LogP contribution in [0.15, 0.2) is 58.0 Å². The van der Waals surface area contributed by atoms with Gasteiger partial charge in [0, 0.05) is 4.47 Å². The predicted molar refractivity (Wildman–Crippen MR) is 90.4 cm³/mol. The van der Waals surface area contributed by atoms with Gasteiger partial charge in [-0.05, 0) is 35.4 Å². The van der Waals surface area contributed by atoms with Crippen LogP contribution in [0.25, 0.3) is 0 Å². The molecule has 0 saturated carbocycles. The van der Waals surface area contributed by atoms with Gasteiger partial charge >= 0.3 is 0 Å². The first-order chi connectivity index (χ1) is 11.1. The summed E-state index contributed by atoms with van der Waals surface area (Å²) in [5.41, 5.74) is 6.99. The fourth-order valence-electron chi connectivity index (χ4n) is 2.62. The Morgan fingerprint density at radius 2 is 2.00 bits per heavy atom. The third-order valence-corrected chi connectivity index (χ3v) is 4.20. The van der Waals surface area contributed by atoms with E-state index in [4.69, 9.17) is 15.2 Å². The molecule has 1 atom stereocenters. The van der Waals surface area contributed by atoms with Gasteiger partial charge in [0.2, 0.25) is 0 Å². The molecule has 2 aromatic rings. The predicted octanol–water partition coefficient (Wildman–Crippen LogP) is 3.39. The molecule has 4 nitrogen and oxygen atoms in total. The van der Waals surface area contributed by atoms with Gasteiger partial charge in [0.25, 0.3) is 6.02 Å². The number of ether oxygens (including phenoxy) is 2. The zero-order chi connectivity index (χ0) is 16.3. The number of benzene rings is 2. The lowest BCUT2D eigenvalue weighted by atomic mass is 9.84. The molecule has 1 aliphatic rings. The Balaban J connectivity index is 2.00. The first-order valence-corrected chi connectivity index (χ1v) is 7.97. The van der Waals surface area contributed by atoms with Gasteiger partial charge in [0.15, 0.2) is 5.54 Å². The summed E-state index contributed by atoms with van der Waals surface area (Å²) in [5.74, 6) is 0.617. The van der Waals surface area contributed by atoms with Gasteiger partial charge in [-0.25, -0.2) is 9.38 Å². The third-order valence-electron chi connectivity index (χ3n) is 3.71. The van der Waals surface area contributed by atoms with E-state index in [1.54, 1.807) is 12.1 Å². The van der Waals surface area contributed by atoms with Crippen molar-refractivity contribution in [2.24, 2.45) is 10.7 Å². The molecule has 1 aliphatic heterocycles. The van der Waals surface area contributed by atoms with Crippen molar-refractivity contribution in [1.29, 1.82) is 0 Å². The average Bonchev–Trinajstić information content (AvgIpc) is 2.97. The molecule has 0 saturated heterocycles. The van der Waals surface area contributed by atoms with Crippen LogP contribution in [-0.4, -0.2) is 25.9 Å². The van der Waals surface area contributed by atoms with Crippen molar-refractivity contribution in [1.82, 2.24) is 0 Å². The molecule has 0 bridgehead atoms. The van der Waals surface area contributed by atoms with Crippen LogP contribution >= 0.6 is 15.9 Å². The number of hydrogen-bond acceptors (Lipinski definition) is 4. The van der Waals surface area contributed by atoms with Crippen LogP contribution in [-0.2, 0) is 10.3 Å². The zero-order valence-electron chi connectivity index (χ0n) is 12.3. The van der Waals surface area contributed by atoms with Gasteiger partial charge in [-0.15, -0.1) is 0 Å². The fourth-order valence-corrected chi connectivity index (χ4v) is 3.02. The summed E-state index contributed by atoms with van der Waals surface area (Å²) < 4.78 is 23.9. The van der Waals surface area contributed by atoms with E-state index in [0.717, 1.165) is 15.6 Å². The molecule has 3 rings (SSSR count). The Morgan fingerprint density at radius 1 is 1.22 bits per heavy atom. The molecule has 0 spiro atoms. The maximum Gasteiger partial charge on any atom is 0.283 e. The van der Waals surface area contributed by atoms with E-state index < -0.39 is 12.2 Å². The second kappa shape index (κ2) is 6.58. The van der Waals surface area contributed by atoms with Gasteiger partial charge in [0.05, 0.1) is 0 Å². The second-order valence-electron chi connectivity index (χ2n) is 5.17. The van der Waals surface area contributed by atoms with E-state index in [1.165, 1.54) is 0 Å². The summed E-state index contributed by atoms with van der Waals surface area (Å²) >= 11 is 3.49. The number of alkyl halides is 1. The van der Waals surface area contributed by atoms with Gasteiger partial charge in [-0.1, -0.05) is 40.2 Å². The van der Waals surface area contributed by atoms with E-state index in [-0.39, 0.29) is 12.6 Å². The quantitative estimate of drug-likeness (QED) is 0.867. The lowest BCUT2D eigenvalue weighted by Gasteiger charge is -2.25. The van der Waals surface area contributed by atoms with Crippen molar-refractivity contribution in [2.75, 3.05) is 19.9 Å². The lowest BCUT2D eigenvalue weighted by Crippen LogP contribution is -2.27. The minimum absolute atomic E-state index is 0.0460. The van der Waals surface area contributed by atoms with E-state index in [0.29, 0.717) is 12.4 Å². The van der Waals surface area contributed by atoms with Gasteiger partial charge in [0.1, 0.15) is 25.6 Å². The van der Waals surface area contributed by atoms with E-state index in [2.05, 4.69) is 20.9 Å². The van der Waals surface area contributed by atoms with E-state index >= 15 is 0 Å². The minimum Gasteiger partial charge on any atom is -0.491 e. The summed E-state index contributed by atoms with van der Waals surface area (Å²) in [7, 11) is 0. The third kappa shape index (κ3) is 3.17. The SMILES string of the molecule is NC1=N[C@@](c2ccc(OCCF)cc2)(c2cccc(Br)c2)CO1. The Kier molecular flexibility index (Phi) is 4.52. The number of nitrogens with two attached hydrogens (primary N) is 1. The molecule has 0 radical (unpaired) electrons. The standard InChI is InChI=1S/C17H16BrFN2O2/c18-14-3-1-2-13(10-14)17(11-23-16(20)21-17)12-4-6-15(7-5-12)22-9-8-19/h1-7,10H,8-9,11H2,(H2,20,21)/t17-/m0/s1. The molecular formula is C17H16BrFN2O2. The van der Waals surface area contributed by atoms with Gasteiger partial charge in [-0.2, -0.15) is 0 Å². The lowest BCUT2D eigenvalue weighted by molar-refractivity contribution is 0.271. The van der Waals surface area contributed by atoms with Crippen molar-refractivity contribution in [3.05, 3.63) is 64.1 Å². The largest absolute Gasteiger partial charge is 0.491 e.